The molecular formula is C15H25N5O. The summed E-state index contributed by atoms with van der Waals surface area (Å²) in [5.74, 6) is 0.747. The standard InChI is InChI=1S/C15H25N5O/c1-2-3-4-5-7-18-15(21)20-12-10-19(11-13-20)14-16-8-6-9-17-14/h6,8-9H,2-5,7,10-13H2,1H3,(H,18,21). The molecule has 2 rings (SSSR count). The molecule has 1 fully saturated rings. The van der Waals surface area contributed by atoms with Crippen molar-refractivity contribution in [3.63, 3.8) is 0 Å². The Balaban J connectivity index is 1.67. The third kappa shape index (κ3) is 4.88. The molecule has 21 heavy (non-hydrogen) atoms. The van der Waals surface area contributed by atoms with Crippen LogP contribution in [0.25, 0.3) is 0 Å². The molecule has 1 aromatic heterocycles. The van der Waals surface area contributed by atoms with Crippen LogP contribution >= 0.6 is 0 Å². The summed E-state index contributed by atoms with van der Waals surface area (Å²) in [4.78, 5) is 24.5. The molecule has 1 aromatic rings. The lowest BCUT2D eigenvalue weighted by Gasteiger charge is -2.34. The maximum Gasteiger partial charge on any atom is 0.317 e. The summed E-state index contributed by atoms with van der Waals surface area (Å²) >= 11 is 0. The SMILES string of the molecule is CCCCCCNC(=O)N1CCN(c2ncccn2)CC1. The fourth-order valence-corrected chi connectivity index (χ4v) is 2.42. The molecule has 0 aromatic carbocycles. The number of amides is 2. The topological polar surface area (TPSA) is 61.4 Å². The number of urea groups is 1. The maximum absolute atomic E-state index is 12.0. The molecule has 0 aliphatic carbocycles. The summed E-state index contributed by atoms with van der Waals surface area (Å²) in [5, 5.41) is 3.00. The minimum atomic E-state index is 0.0557. The summed E-state index contributed by atoms with van der Waals surface area (Å²) in [6.45, 7) is 5.98. The fourth-order valence-electron chi connectivity index (χ4n) is 2.42. The van der Waals surface area contributed by atoms with Crippen LogP contribution in [-0.4, -0.2) is 53.6 Å². The molecule has 0 radical (unpaired) electrons. The van der Waals surface area contributed by atoms with Gasteiger partial charge in [0.05, 0.1) is 0 Å². The number of piperazine rings is 1. The number of carbonyl (C=O) groups excluding carboxylic acids is 1. The molecule has 0 atom stereocenters. The second-order valence-corrected chi connectivity index (χ2v) is 5.32. The van der Waals surface area contributed by atoms with E-state index in [1.807, 2.05) is 11.0 Å². The van der Waals surface area contributed by atoms with Crippen LogP contribution in [0.15, 0.2) is 18.5 Å². The van der Waals surface area contributed by atoms with Gasteiger partial charge >= 0.3 is 6.03 Å². The van der Waals surface area contributed by atoms with E-state index in [0.717, 1.165) is 45.1 Å². The van der Waals surface area contributed by atoms with Gasteiger partial charge in [0.1, 0.15) is 0 Å². The molecule has 1 aliphatic rings. The Morgan fingerprint density at radius 2 is 1.86 bits per heavy atom. The monoisotopic (exact) mass is 291 g/mol. The van der Waals surface area contributed by atoms with Crippen LogP contribution in [0.1, 0.15) is 32.6 Å². The molecule has 1 saturated heterocycles. The minimum Gasteiger partial charge on any atom is -0.338 e. The summed E-state index contributed by atoms with van der Waals surface area (Å²) in [7, 11) is 0. The number of hydrogen-bond donors (Lipinski definition) is 1. The average Bonchev–Trinajstić information content (AvgIpc) is 2.55. The van der Waals surface area contributed by atoms with Crippen molar-refractivity contribution >= 4 is 12.0 Å². The number of aromatic nitrogens is 2. The molecule has 2 heterocycles. The Morgan fingerprint density at radius 3 is 2.52 bits per heavy atom. The van der Waals surface area contributed by atoms with Crippen LogP contribution in [0, 0.1) is 0 Å². The molecule has 0 unspecified atom stereocenters. The summed E-state index contributed by atoms with van der Waals surface area (Å²) in [5.41, 5.74) is 0. The summed E-state index contributed by atoms with van der Waals surface area (Å²) in [6, 6.07) is 1.87. The maximum atomic E-state index is 12.0. The van der Waals surface area contributed by atoms with E-state index in [2.05, 4.69) is 27.1 Å². The van der Waals surface area contributed by atoms with Gasteiger partial charge in [-0.05, 0) is 12.5 Å². The van der Waals surface area contributed by atoms with Crippen molar-refractivity contribution in [3.8, 4) is 0 Å². The highest BCUT2D eigenvalue weighted by atomic mass is 16.2. The van der Waals surface area contributed by atoms with Crippen LogP contribution in [0.2, 0.25) is 0 Å². The number of anilines is 1. The summed E-state index contributed by atoms with van der Waals surface area (Å²) in [6.07, 6.45) is 8.21. The van der Waals surface area contributed by atoms with Gasteiger partial charge in [-0.25, -0.2) is 14.8 Å². The molecule has 1 aliphatic heterocycles. The average molecular weight is 291 g/mol. The Morgan fingerprint density at radius 1 is 1.14 bits per heavy atom. The van der Waals surface area contributed by atoms with E-state index in [9.17, 15) is 4.79 Å². The zero-order chi connectivity index (χ0) is 14.9. The van der Waals surface area contributed by atoms with E-state index in [-0.39, 0.29) is 6.03 Å². The molecule has 6 heteroatoms. The number of rotatable bonds is 6. The predicted octanol–water partition coefficient (Wildman–Crippen LogP) is 1.89. The first-order valence-corrected chi connectivity index (χ1v) is 7.86. The van der Waals surface area contributed by atoms with Crippen molar-refractivity contribution in [2.45, 2.75) is 32.6 Å². The molecular weight excluding hydrogens is 266 g/mol. The first-order chi connectivity index (χ1) is 10.3. The highest BCUT2D eigenvalue weighted by Crippen LogP contribution is 2.09. The highest BCUT2D eigenvalue weighted by molar-refractivity contribution is 5.74. The predicted molar refractivity (Wildman–Crippen MR) is 83.4 cm³/mol. The fraction of sp³-hybridized carbons (Fsp3) is 0.667. The van der Waals surface area contributed by atoms with Crippen LogP contribution in [0.5, 0.6) is 0 Å². The van der Waals surface area contributed by atoms with Crippen molar-refractivity contribution in [3.05, 3.63) is 18.5 Å². The van der Waals surface area contributed by atoms with Crippen molar-refractivity contribution < 1.29 is 4.79 Å². The molecule has 1 N–H and O–H groups in total. The second-order valence-electron chi connectivity index (χ2n) is 5.32. The lowest BCUT2D eigenvalue weighted by molar-refractivity contribution is 0.194. The first-order valence-electron chi connectivity index (χ1n) is 7.86. The van der Waals surface area contributed by atoms with Crippen LogP contribution < -0.4 is 10.2 Å². The zero-order valence-corrected chi connectivity index (χ0v) is 12.8. The molecule has 0 saturated carbocycles. The van der Waals surface area contributed by atoms with Crippen LogP contribution in [-0.2, 0) is 0 Å². The van der Waals surface area contributed by atoms with E-state index in [1.54, 1.807) is 12.4 Å². The van der Waals surface area contributed by atoms with Gasteiger partial charge in [0.25, 0.3) is 0 Å². The van der Waals surface area contributed by atoms with Crippen molar-refractivity contribution in [1.82, 2.24) is 20.2 Å². The number of nitrogens with zero attached hydrogens (tertiary/aromatic N) is 4. The lowest BCUT2D eigenvalue weighted by Crippen LogP contribution is -2.52. The number of carbonyl (C=O) groups is 1. The van der Waals surface area contributed by atoms with E-state index in [0.29, 0.717) is 0 Å². The van der Waals surface area contributed by atoms with E-state index >= 15 is 0 Å². The molecule has 6 nitrogen and oxygen atoms in total. The van der Waals surface area contributed by atoms with Crippen molar-refractivity contribution in [2.75, 3.05) is 37.6 Å². The third-order valence-corrected chi connectivity index (χ3v) is 3.71. The van der Waals surface area contributed by atoms with Gasteiger partial charge in [0.15, 0.2) is 0 Å². The highest BCUT2D eigenvalue weighted by Gasteiger charge is 2.21. The van der Waals surface area contributed by atoms with Crippen LogP contribution in [0.3, 0.4) is 0 Å². The van der Waals surface area contributed by atoms with E-state index in [4.69, 9.17) is 0 Å². The minimum absolute atomic E-state index is 0.0557. The van der Waals surface area contributed by atoms with Gasteiger partial charge in [-0.3, -0.25) is 0 Å². The van der Waals surface area contributed by atoms with Gasteiger partial charge < -0.3 is 15.1 Å². The Bertz CT molecular complexity index is 417. The van der Waals surface area contributed by atoms with Gasteiger partial charge in [-0.1, -0.05) is 26.2 Å². The Labute approximate surface area is 126 Å². The zero-order valence-electron chi connectivity index (χ0n) is 12.8. The molecule has 0 bridgehead atoms. The molecule has 116 valence electrons. The smallest absolute Gasteiger partial charge is 0.317 e. The van der Waals surface area contributed by atoms with E-state index < -0.39 is 0 Å². The third-order valence-electron chi connectivity index (χ3n) is 3.71. The number of unbranched alkanes of at least 4 members (excludes halogenated alkanes) is 3. The Kier molecular flexibility index (Phi) is 6.24. The Hall–Kier alpha value is -1.85. The number of nitrogens with one attached hydrogen (secondary N) is 1. The second kappa shape index (κ2) is 8.44. The van der Waals surface area contributed by atoms with Gasteiger partial charge in [0, 0.05) is 45.1 Å². The first kappa shape index (κ1) is 15.5. The van der Waals surface area contributed by atoms with E-state index in [1.165, 1.54) is 19.3 Å². The summed E-state index contributed by atoms with van der Waals surface area (Å²) < 4.78 is 0. The molecule has 0 spiro atoms. The van der Waals surface area contributed by atoms with Crippen molar-refractivity contribution in [1.29, 1.82) is 0 Å². The van der Waals surface area contributed by atoms with Gasteiger partial charge in [-0.2, -0.15) is 0 Å². The van der Waals surface area contributed by atoms with Crippen LogP contribution in [0.4, 0.5) is 10.7 Å². The normalized spacial score (nSPS) is 15.1. The quantitative estimate of drug-likeness (QED) is 0.813. The largest absolute Gasteiger partial charge is 0.338 e. The number of hydrogen-bond acceptors (Lipinski definition) is 4. The molecule has 2 amide bonds. The lowest BCUT2D eigenvalue weighted by atomic mass is 10.2. The van der Waals surface area contributed by atoms with Crippen molar-refractivity contribution in [2.24, 2.45) is 0 Å². The van der Waals surface area contributed by atoms with Gasteiger partial charge in [0.2, 0.25) is 5.95 Å². The van der Waals surface area contributed by atoms with Gasteiger partial charge in [-0.15, -0.1) is 0 Å².